The molecule has 1 heterocycles. The zero-order valence-corrected chi connectivity index (χ0v) is 11.3. The summed E-state index contributed by atoms with van der Waals surface area (Å²) in [6.07, 6.45) is 2.02. The van der Waals surface area contributed by atoms with E-state index in [1.54, 1.807) is 0 Å². The van der Waals surface area contributed by atoms with Crippen molar-refractivity contribution in [2.75, 3.05) is 20.6 Å². The van der Waals surface area contributed by atoms with Crippen LogP contribution in [0, 0.1) is 11.3 Å². The molecule has 90 valence electrons. The summed E-state index contributed by atoms with van der Waals surface area (Å²) < 4.78 is 0. The molecule has 1 aromatic rings. The first kappa shape index (κ1) is 12.0. The van der Waals surface area contributed by atoms with Crippen LogP contribution in [0.25, 0.3) is 0 Å². The van der Waals surface area contributed by atoms with Crippen molar-refractivity contribution >= 4 is 11.3 Å². The molecule has 2 N–H and O–H groups in total. The SMILES string of the molecule is CN(C)Cc1cnc(C2C(CN)C2(C)C)s1. The number of thiazole rings is 1. The van der Waals surface area contributed by atoms with Crippen LogP contribution in [0.15, 0.2) is 6.20 Å². The maximum Gasteiger partial charge on any atom is 0.0968 e. The fourth-order valence-electron chi connectivity index (χ4n) is 2.53. The van der Waals surface area contributed by atoms with Crippen molar-refractivity contribution in [3.8, 4) is 0 Å². The molecular formula is C12H21N3S. The van der Waals surface area contributed by atoms with E-state index in [0.717, 1.165) is 13.1 Å². The smallest absolute Gasteiger partial charge is 0.0968 e. The second-order valence-electron chi connectivity index (χ2n) is 5.54. The molecule has 2 atom stereocenters. The third-order valence-corrected chi connectivity index (χ3v) is 4.68. The van der Waals surface area contributed by atoms with E-state index in [-0.39, 0.29) is 0 Å². The maximum atomic E-state index is 5.79. The van der Waals surface area contributed by atoms with E-state index >= 15 is 0 Å². The molecule has 1 aromatic heterocycles. The van der Waals surface area contributed by atoms with E-state index in [4.69, 9.17) is 5.73 Å². The molecule has 1 saturated carbocycles. The molecule has 0 aromatic carbocycles. The van der Waals surface area contributed by atoms with Gasteiger partial charge in [0.2, 0.25) is 0 Å². The Kier molecular flexibility index (Phi) is 3.07. The number of hydrogen-bond donors (Lipinski definition) is 1. The highest BCUT2D eigenvalue weighted by Gasteiger charge is 2.58. The highest BCUT2D eigenvalue weighted by atomic mass is 32.1. The number of rotatable bonds is 4. The second kappa shape index (κ2) is 4.09. The highest BCUT2D eigenvalue weighted by Crippen LogP contribution is 2.64. The van der Waals surface area contributed by atoms with Gasteiger partial charge in [-0.2, -0.15) is 0 Å². The van der Waals surface area contributed by atoms with Gasteiger partial charge in [-0.05, 0) is 32.0 Å². The largest absolute Gasteiger partial charge is 0.330 e. The van der Waals surface area contributed by atoms with E-state index in [2.05, 4.69) is 37.8 Å². The van der Waals surface area contributed by atoms with Crippen molar-refractivity contribution in [1.29, 1.82) is 0 Å². The molecule has 16 heavy (non-hydrogen) atoms. The van der Waals surface area contributed by atoms with Gasteiger partial charge in [0.25, 0.3) is 0 Å². The van der Waals surface area contributed by atoms with Crippen LogP contribution in [-0.4, -0.2) is 30.5 Å². The Labute approximate surface area is 102 Å². The van der Waals surface area contributed by atoms with Gasteiger partial charge in [0, 0.05) is 23.5 Å². The molecule has 3 nitrogen and oxygen atoms in total. The van der Waals surface area contributed by atoms with Crippen LogP contribution in [0.5, 0.6) is 0 Å². The Morgan fingerprint density at radius 3 is 2.69 bits per heavy atom. The van der Waals surface area contributed by atoms with E-state index in [1.807, 2.05) is 17.5 Å². The minimum atomic E-state index is 0.349. The summed E-state index contributed by atoms with van der Waals surface area (Å²) in [4.78, 5) is 8.08. The van der Waals surface area contributed by atoms with Crippen molar-refractivity contribution < 1.29 is 0 Å². The van der Waals surface area contributed by atoms with Crippen LogP contribution in [0.2, 0.25) is 0 Å². The molecule has 1 aliphatic carbocycles. The summed E-state index contributed by atoms with van der Waals surface area (Å²) in [5.41, 5.74) is 6.14. The number of nitrogens with zero attached hydrogens (tertiary/aromatic N) is 2. The summed E-state index contributed by atoms with van der Waals surface area (Å²) in [7, 11) is 4.17. The first-order valence-corrected chi connectivity index (χ1v) is 6.58. The molecule has 4 heteroatoms. The average Bonchev–Trinajstić information content (AvgIpc) is 2.55. The Balaban J connectivity index is 2.09. The molecule has 0 radical (unpaired) electrons. The Bertz CT molecular complexity index is 370. The van der Waals surface area contributed by atoms with Crippen LogP contribution in [-0.2, 0) is 6.54 Å². The summed E-state index contributed by atoms with van der Waals surface area (Å²) in [5.74, 6) is 1.20. The van der Waals surface area contributed by atoms with Crippen LogP contribution in [0.3, 0.4) is 0 Å². The predicted molar refractivity (Wildman–Crippen MR) is 68.6 cm³/mol. The zero-order valence-electron chi connectivity index (χ0n) is 10.5. The van der Waals surface area contributed by atoms with Gasteiger partial charge >= 0.3 is 0 Å². The fraction of sp³-hybridized carbons (Fsp3) is 0.750. The second-order valence-corrected chi connectivity index (χ2v) is 6.69. The van der Waals surface area contributed by atoms with E-state index in [9.17, 15) is 0 Å². The van der Waals surface area contributed by atoms with Crippen LogP contribution in [0.4, 0.5) is 0 Å². The molecule has 1 aliphatic rings. The van der Waals surface area contributed by atoms with Gasteiger partial charge in [-0.25, -0.2) is 4.98 Å². The first-order valence-electron chi connectivity index (χ1n) is 5.76. The van der Waals surface area contributed by atoms with Gasteiger partial charge in [0.1, 0.15) is 0 Å². The lowest BCUT2D eigenvalue weighted by Crippen LogP contribution is -2.09. The van der Waals surface area contributed by atoms with Gasteiger partial charge in [-0.3, -0.25) is 0 Å². The number of aromatic nitrogens is 1. The summed E-state index contributed by atoms with van der Waals surface area (Å²) in [5, 5.41) is 1.28. The van der Waals surface area contributed by atoms with Crippen molar-refractivity contribution in [2.45, 2.75) is 26.3 Å². The van der Waals surface area contributed by atoms with Crippen LogP contribution < -0.4 is 5.73 Å². The first-order chi connectivity index (χ1) is 7.46. The van der Waals surface area contributed by atoms with Gasteiger partial charge in [0.15, 0.2) is 0 Å². The number of nitrogens with two attached hydrogens (primary N) is 1. The van der Waals surface area contributed by atoms with Crippen molar-refractivity contribution in [1.82, 2.24) is 9.88 Å². The zero-order chi connectivity index (χ0) is 11.9. The monoisotopic (exact) mass is 239 g/mol. The van der Waals surface area contributed by atoms with Crippen LogP contribution in [0.1, 0.15) is 29.7 Å². The summed E-state index contributed by atoms with van der Waals surface area (Å²) >= 11 is 1.84. The minimum absolute atomic E-state index is 0.349. The lowest BCUT2D eigenvalue weighted by molar-refractivity contribution is 0.406. The minimum Gasteiger partial charge on any atom is -0.330 e. The van der Waals surface area contributed by atoms with Crippen LogP contribution >= 0.6 is 11.3 Å². The topological polar surface area (TPSA) is 42.2 Å². The third-order valence-electron chi connectivity index (χ3n) is 3.61. The van der Waals surface area contributed by atoms with Gasteiger partial charge in [-0.15, -0.1) is 11.3 Å². The van der Waals surface area contributed by atoms with Crippen molar-refractivity contribution in [2.24, 2.45) is 17.1 Å². The lowest BCUT2D eigenvalue weighted by Gasteiger charge is -2.05. The van der Waals surface area contributed by atoms with Gasteiger partial charge in [-0.1, -0.05) is 13.8 Å². The highest BCUT2D eigenvalue weighted by molar-refractivity contribution is 7.11. The summed E-state index contributed by atoms with van der Waals surface area (Å²) in [6.45, 7) is 6.35. The summed E-state index contributed by atoms with van der Waals surface area (Å²) in [6, 6.07) is 0. The normalized spacial score (nSPS) is 27.4. The molecule has 0 bridgehead atoms. The molecule has 0 amide bonds. The van der Waals surface area contributed by atoms with Crippen molar-refractivity contribution in [3.05, 3.63) is 16.1 Å². The van der Waals surface area contributed by atoms with Gasteiger partial charge < -0.3 is 10.6 Å². The molecule has 0 spiro atoms. The molecule has 2 unspecified atom stereocenters. The quantitative estimate of drug-likeness (QED) is 0.872. The van der Waals surface area contributed by atoms with E-state index in [1.165, 1.54) is 9.88 Å². The molecule has 0 saturated heterocycles. The van der Waals surface area contributed by atoms with Crippen molar-refractivity contribution in [3.63, 3.8) is 0 Å². The lowest BCUT2D eigenvalue weighted by atomic mass is 10.1. The Hall–Kier alpha value is -0.450. The predicted octanol–water partition coefficient (Wildman–Crippen LogP) is 1.90. The standard InChI is InChI=1S/C12H21N3S/c1-12(2)9(5-13)10(12)11-14-6-8(16-11)7-15(3)4/h6,9-10H,5,7,13H2,1-4H3. The Morgan fingerprint density at radius 1 is 1.50 bits per heavy atom. The molecular weight excluding hydrogens is 218 g/mol. The third kappa shape index (κ3) is 2.01. The Morgan fingerprint density at radius 2 is 2.19 bits per heavy atom. The average molecular weight is 239 g/mol. The molecule has 1 fully saturated rings. The molecule has 2 rings (SSSR count). The molecule has 0 aliphatic heterocycles. The van der Waals surface area contributed by atoms with E-state index < -0.39 is 0 Å². The number of hydrogen-bond acceptors (Lipinski definition) is 4. The fourth-order valence-corrected chi connectivity index (χ4v) is 3.92. The van der Waals surface area contributed by atoms with Gasteiger partial charge in [0.05, 0.1) is 5.01 Å². The maximum absolute atomic E-state index is 5.79. The van der Waals surface area contributed by atoms with E-state index in [0.29, 0.717) is 17.3 Å².